The number of phenols is 1. The number of nitrogens with zero attached hydrogens (tertiary/aromatic N) is 1. The Bertz CT molecular complexity index is 643. The summed E-state index contributed by atoms with van der Waals surface area (Å²) < 4.78 is 9.99. The summed E-state index contributed by atoms with van der Waals surface area (Å²) in [4.78, 5) is 16.1. The third-order valence-corrected chi connectivity index (χ3v) is 2.93. The number of methoxy groups -OCH3 is 2. The van der Waals surface area contributed by atoms with E-state index in [-0.39, 0.29) is 23.0 Å². The fourth-order valence-electron chi connectivity index (χ4n) is 1.82. The van der Waals surface area contributed by atoms with Gasteiger partial charge < -0.3 is 19.9 Å². The van der Waals surface area contributed by atoms with E-state index in [0.29, 0.717) is 12.4 Å². The van der Waals surface area contributed by atoms with Gasteiger partial charge in [-0.25, -0.2) is 4.98 Å². The Morgan fingerprint density at radius 2 is 2.10 bits per heavy atom. The Hall–Kier alpha value is -2.76. The molecule has 1 amide bonds. The number of phenolic OH excluding ortho intramolecular Hbond substituents is 1. The summed E-state index contributed by atoms with van der Waals surface area (Å²) in [7, 11) is 2.96. The molecule has 0 saturated carbocycles. The molecule has 0 saturated heterocycles. The molecule has 0 unspecified atom stereocenters. The standard InChI is InChI=1S/C15H16N2O4/c1-20-12-5-3-4-11(14(12)18)15(19)17-9-10-6-7-16-13(8-10)21-2/h3-8,18H,9H2,1-2H3,(H,17,19). The first-order chi connectivity index (χ1) is 10.2. The molecule has 0 aliphatic heterocycles. The first kappa shape index (κ1) is 14.6. The van der Waals surface area contributed by atoms with Crippen LogP contribution in [0, 0.1) is 0 Å². The number of benzene rings is 1. The van der Waals surface area contributed by atoms with E-state index in [2.05, 4.69) is 10.3 Å². The predicted octanol–water partition coefficient (Wildman–Crippen LogP) is 1.73. The van der Waals surface area contributed by atoms with E-state index < -0.39 is 0 Å². The number of carbonyl (C=O) groups excluding carboxylic acids is 1. The lowest BCUT2D eigenvalue weighted by molar-refractivity contribution is 0.0947. The Kier molecular flexibility index (Phi) is 4.61. The minimum absolute atomic E-state index is 0.162. The van der Waals surface area contributed by atoms with Gasteiger partial charge in [-0.05, 0) is 23.8 Å². The van der Waals surface area contributed by atoms with Gasteiger partial charge in [0.25, 0.3) is 5.91 Å². The van der Waals surface area contributed by atoms with Gasteiger partial charge in [0.05, 0.1) is 19.8 Å². The molecule has 6 heteroatoms. The number of hydrogen-bond donors (Lipinski definition) is 2. The largest absolute Gasteiger partial charge is 0.504 e. The van der Waals surface area contributed by atoms with Crippen LogP contribution in [0.4, 0.5) is 0 Å². The Labute approximate surface area is 122 Å². The van der Waals surface area contributed by atoms with Crippen molar-refractivity contribution in [2.24, 2.45) is 0 Å². The van der Waals surface area contributed by atoms with Crippen molar-refractivity contribution in [3.63, 3.8) is 0 Å². The highest BCUT2D eigenvalue weighted by Gasteiger charge is 2.14. The van der Waals surface area contributed by atoms with E-state index >= 15 is 0 Å². The maximum Gasteiger partial charge on any atom is 0.255 e. The van der Waals surface area contributed by atoms with Crippen LogP contribution in [0.15, 0.2) is 36.5 Å². The normalized spacial score (nSPS) is 10.0. The number of rotatable bonds is 5. The van der Waals surface area contributed by atoms with E-state index in [9.17, 15) is 9.90 Å². The van der Waals surface area contributed by atoms with Crippen molar-refractivity contribution < 1.29 is 19.4 Å². The van der Waals surface area contributed by atoms with Crippen molar-refractivity contribution in [1.29, 1.82) is 0 Å². The van der Waals surface area contributed by atoms with Crippen LogP contribution in [0.5, 0.6) is 17.4 Å². The fraction of sp³-hybridized carbons (Fsp3) is 0.200. The summed E-state index contributed by atoms with van der Waals surface area (Å²) in [6, 6.07) is 8.25. The maximum absolute atomic E-state index is 12.1. The average molecular weight is 288 g/mol. The van der Waals surface area contributed by atoms with Crippen molar-refractivity contribution in [2.75, 3.05) is 14.2 Å². The average Bonchev–Trinajstić information content (AvgIpc) is 2.53. The topological polar surface area (TPSA) is 80.7 Å². The second kappa shape index (κ2) is 6.60. The second-order valence-electron chi connectivity index (χ2n) is 4.25. The quantitative estimate of drug-likeness (QED) is 0.876. The Morgan fingerprint density at radius 1 is 1.29 bits per heavy atom. The van der Waals surface area contributed by atoms with Crippen LogP contribution in [0.25, 0.3) is 0 Å². The second-order valence-corrected chi connectivity index (χ2v) is 4.25. The highest BCUT2D eigenvalue weighted by atomic mass is 16.5. The summed E-state index contributed by atoms with van der Waals surface area (Å²) >= 11 is 0. The van der Waals surface area contributed by atoms with Crippen molar-refractivity contribution in [3.05, 3.63) is 47.7 Å². The van der Waals surface area contributed by atoms with Crippen LogP contribution in [0.2, 0.25) is 0 Å². The number of pyridine rings is 1. The molecule has 0 aliphatic rings. The number of aromatic nitrogens is 1. The van der Waals surface area contributed by atoms with Gasteiger partial charge in [-0.2, -0.15) is 0 Å². The number of ether oxygens (including phenoxy) is 2. The van der Waals surface area contributed by atoms with E-state index in [0.717, 1.165) is 5.56 Å². The van der Waals surface area contributed by atoms with Crippen molar-refractivity contribution in [1.82, 2.24) is 10.3 Å². The molecule has 0 aliphatic carbocycles. The van der Waals surface area contributed by atoms with Gasteiger partial charge in [0.2, 0.25) is 5.88 Å². The molecule has 2 N–H and O–H groups in total. The fourth-order valence-corrected chi connectivity index (χ4v) is 1.82. The van der Waals surface area contributed by atoms with Crippen LogP contribution >= 0.6 is 0 Å². The third kappa shape index (κ3) is 3.42. The molecule has 0 spiro atoms. The first-order valence-electron chi connectivity index (χ1n) is 6.28. The number of amides is 1. The SMILES string of the molecule is COc1cc(CNC(=O)c2cccc(OC)c2O)ccn1. The molecule has 0 atom stereocenters. The van der Waals surface area contributed by atoms with Crippen LogP contribution in [0.1, 0.15) is 15.9 Å². The van der Waals surface area contributed by atoms with Crippen molar-refractivity contribution in [2.45, 2.75) is 6.54 Å². The smallest absolute Gasteiger partial charge is 0.255 e. The molecule has 2 aromatic rings. The van der Waals surface area contributed by atoms with Crippen molar-refractivity contribution >= 4 is 5.91 Å². The van der Waals surface area contributed by atoms with E-state index in [1.54, 1.807) is 30.5 Å². The van der Waals surface area contributed by atoms with Crippen LogP contribution in [-0.4, -0.2) is 30.2 Å². The van der Waals surface area contributed by atoms with Crippen LogP contribution < -0.4 is 14.8 Å². The zero-order valence-electron chi connectivity index (χ0n) is 11.8. The molecular formula is C15H16N2O4. The minimum atomic E-state index is -0.387. The third-order valence-electron chi connectivity index (χ3n) is 2.93. The highest BCUT2D eigenvalue weighted by Crippen LogP contribution is 2.29. The molecule has 2 rings (SSSR count). The number of para-hydroxylation sites is 1. The lowest BCUT2D eigenvalue weighted by atomic mass is 10.1. The van der Waals surface area contributed by atoms with Crippen LogP contribution in [-0.2, 0) is 6.54 Å². The van der Waals surface area contributed by atoms with Gasteiger partial charge in [0.15, 0.2) is 11.5 Å². The van der Waals surface area contributed by atoms with Gasteiger partial charge in [-0.15, -0.1) is 0 Å². The zero-order chi connectivity index (χ0) is 15.2. The highest BCUT2D eigenvalue weighted by molar-refractivity contribution is 5.97. The summed E-state index contributed by atoms with van der Waals surface area (Å²) in [6.45, 7) is 0.300. The molecule has 0 fully saturated rings. The number of hydrogen-bond acceptors (Lipinski definition) is 5. The summed E-state index contributed by atoms with van der Waals surface area (Å²) in [5.41, 5.74) is 1.01. The Morgan fingerprint density at radius 3 is 2.81 bits per heavy atom. The van der Waals surface area contributed by atoms with Gasteiger partial charge in [-0.1, -0.05) is 6.07 Å². The molecule has 21 heavy (non-hydrogen) atoms. The molecule has 1 heterocycles. The molecule has 6 nitrogen and oxygen atoms in total. The van der Waals surface area contributed by atoms with Crippen LogP contribution in [0.3, 0.4) is 0 Å². The summed E-state index contributed by atoms with van der Waals surface area (Å²) in [5, 5.41) is 12.6. The van der Waals surface area contributed by atoms with Gasteiger partial charge >= 0.3 is 0 Å². The predicted molar refractivity (Wildman–Crippen MR) is 76.6 cm³/mol. The van der Waals surface area contributed by atoms with Gasteiger partial charge in [-0.3, -0.25) is 4.79 Å². The maximum atomic E-state index is 12.1. The zero-order valence-corrected chi connectivity index (χ0v) is 11.8. The first-order valence-corrected chi connectivity index (χ1v) is 6.28. The van der Waals surface area contributed by atoms with E-state index in [4.69, 9.17) is 9.47 Å². The van der Waals surface area contributed by atoms with Gasteiger partial charge in [0.1, 0.15) is 0 Å². The summed E-state index contributed by atoms with van der Waals surface area (Å²) in [6.07, 6.45) is 1.60. The molecule has 0 bridgehead atoms. The Balaban J connectivity index is 2.08. The lowest BCUT2D eigenvalue weighted by Crippen LogP contribution is -2.23. The molecule has 110 valence electrons. The molecular weight excluding hydrogens is 272 g/mol. The van der Waals surface area contributed by atoms with Crippen molar-refractivity contribution in [3.8, 4) is 17.4 Å². The molecule has 1 aromatic carbocycles. The monoisotopic (exact) mass is 288 g/mol. The number of nitrogens with one attached hydrogen (secondary N) is 1. The lowest BCUT2D eigenvalue weighted by Gasteiger charge is -2.09. The van der Waals surface area contributed by atoms with Gasteiger partial charge in [0, 0.05) is 18.8 Å². The molecule has 1 aromatic heterocycles. The number of aromatic hydroxyl groups is 1. The van der Waals surface area contributed by atoms with E-state index in [1.807, 2.05) is 0 Å². The molecule has 0 radical (unpaired) electrons. The number of carbonyl (C=O) groups is 1. The van der Waals surface area contributed by atoms with E-state index in [1.165, 1.54) is 20.3 Å². The summed E-state index contributed by atoms with van der Waals surface area (Å²) in [5.74, 6) is 0.172. The minimum Gasteiger partial charge on any atom is -0.504 e.